The van der Waals surface area contributed by atoms with E-state index in [1.807, 2.05) is 30.3 Å². The number of ether oxygens (including phenoxy) is 1. The third-order valence-corrected chi connectivity index (χ3v) is 4.26. The lowest BCUT2D eigenvalue weighted by Gasteiger charge is -2.18. The number of fused-ring (bicyclic) bond motifs is 1. The molecule has 0 radical (unpaired) electrons. The van der Waals surface area contributed by atoms with E-state index in [4.69, 9.17) is 9.15 Å². The van der Waals surface area contributed by atoms with Gasteiger partial charge in [-0.15, -0.1) is 0 Å². The van der Waals surface area contributed by atoms with Crippen LogP contribution in [0.25, 0.3) is 11.0 Å². The second-order valence-electron chi connectivity index (χ2n) is 6.04. The molecule has 3 nitrogen and oxygen atoms in total. The molecule has 3 heteroatoms. The number of rotatable bonds is 6. The smallest absolute Gasteiger partial charge is 0.134 e. The fraction of sp³-hybridized carbons (Fsp3) is 0.300. The lowest BCUT2D eigenvalue weighted by atomic mass is 9.88. The van der Waals surface area contributed by atoms with Crippen LogP contribution >= 0.6 is 0 Å². The molecular weight excluding hydrogens is 288 g/mol. The highest BCUT2D eigenvalue weighted by atomic mass is 16.5. The van der Waals surface area contributed by atoms with Crippen molar-refractivity contribution in [1.82, 2.24) is 0 Å². The van der Waals surface area contributed by atoms with Crippen LogP contribution < -0.4 is 4.74 Å². The van der Waals surface area contributed by atoms with Crippen molar-refractivity contribution < 1.29 is 14.3 Å². The minimum Gasteiger partial charge on any atom is -0.497 e. The van der Waals surface area contributed by atoms with Gasteiger partial charge in [0.15, 0.2) is 0 Å². The van der Waals surface area contributed by atoms with Gasteiger partial charge in [-0.2, -0.15) is 0 Å². The van der Waals surface area contributed by atoms with Crippen LogP contribution in [0.3, 0.4) is 0 Å². The van der Waals surface area contributed by atoms with Crippen molar-refractivity contribution in [2.24, 2.45) is 5.92 Å². The highest BCUT2D eigenvalue weighted by Crippen LogP contribution is 2.35. The lowest BCUT2D eigenvalue weighted by Crippen LogP contribution is -2.09. The van der Waals surface area contributed by atoms with Gasteiger partial charge in [0.2, 0.25) is 0 Å². The standard InChI is InChI=1S/C20H22O3/c1-14(13-21)11-18(15-7-9-17(22-2)10-8-15)20-12-16-5-3-4-6-19(16)23-20/h3-10,12,14,18,21H,11,13H2,1-2H3/t14-,18+/m0/s1. The normalized spacial score (nSPS) is 13.9. The van der Waals surface area contributed by atoms with Gasteiger partial charge in [0, 0.05) is 17.9 Å². The van der Waals surface area contributed by atoms with E-state index in [2.05, 4.69) is 31.2 Å². The number of methoxy groups -OCH3 is 1. The van der Waals surface area contributed by atoms with Gasteiger partial charge in [-0.3, -0.25) is 0 Å². The summed E-state index contributed by atoms with van der Waals surface area (Å²) < 4.78 is 11.3. The quantitative estimate of drug-likeness (QED) is 0.724. The van der Waals surface area contributed by atoms with E-state index in [-0.39, 0.29) is 18.4 Å². The van der Waals surface area contributed by atoms with Crippen molar-refractivity contribution in [2.75, 3.05) is 13.7 Å². The Balaban J connectivity index is 1.99. The van der Waals surface area contributed by atoms with E-state index in [1.54, 1.807) is 7.11 Å². The van der Waals surface area contributed by atoms with Gasteiger partial charge in [-0.25, -0.2) is 0 Å². The van der Waals surface area contributed by atoms with Crippen LogP contribution in [0.5, 0.6) is 5.75 Å². The van der Waals surface area contributed by atoms with E-state index in [9.17, 15) is 5.11 Å². The van der Waals surface area contributed by atoms with Gasteiger partial charge in [0.25, 0.3) is 0 Å². The van der Waals surface area contributed by atoms with E-state index >= 15 is 0 Å². The van der Waals surface area contributed by atoms with Crippen LogP contribution in [0.15, 0.2) is 59.0 Å². The molecule has 0 bridgehead atoms. The summed E-state index contributed by atoms with van der Waals surface area (Å²) in [5.74, 6) is 2.11. The zero-order valence-corrected chi connectivity index (χ0v) is 13.5. The molecule has 0 unspecified atom stereocenters. The Bertz CT molecular complexity index is 725. The third kappa shape index (κ3) is 3.40. The Morgan fingerprint density at radius 3 is 2.48 bits per heavy atom. The predicted molar refractivity (Wildman–Crippen MR) is 91.9 cm³/mol. The maximum atomic E-state index is 9.45. The molecule has 0 aliphatic rings. The molecule has 1 aromatic heterocycles. The summed E-state index contributed by atoms with van der Waals surface area (Å²) in [6.07, 6.45) is 0.836. The van der Waals surface area contributed by atoms with Gasteiger partial charge in [-0.1, -0.05) is 37.3 Å². The van der Waals surface area contributed by atoms with Crippen molar-refractivity contribution in [2.45, 2.75) is 19.3 Å². The molecular formula is C20H22O3. The zero-order valence-electron chi connectivity index (χ0n) is 13.5. The number of para-hydroxylation sites is 1. The minimum atomic E-state index is 0.121. The van der Waals surface area contributed by atoms with Gasteiger partial charge in [0.05, 0.1) is 7.11 Å². The fourth-order valence-corrected chi connectivity index (χ4v) is 2.90. The molecule has 0 aliphatic carbocycles. The third-order valence-electron chi connectivity index (χ3n) is 4.26. The molecule has 1 heterocycles. The first-order valence-electron chi connectivity index (χ1n) is 7.94. The number of hydrogen-bond acceptors (Lipinski definition) is 3. The van der Waals surface area contributed by atoms with Crippen molar-refractivity contribution in [3.63, 3.8) is 0 Å². The first-order valence-corrected chi connectivity index (χ1v) is 7.94. The largest absolute Gasteiger partial charge is 0.497 e. The molecule has 23 heavy (non-hydrogen) atoms. The van der Waals surface area contributed by atoms with Crippen molar-refractivity contribution in [1.29, 1.82) is 0 Å². The second-order valence-corrected chi connectivity index (χ2v) is 6.04. The topological polar surface area (TPSA) is 42.6 Å². The first kappa shape index (κ1) is 15.6. The summed E-state index contributed by atoms with van der Waals surface area (Å²) in [6, 6.07) is 18.2. The van der Waals surface area contributed by atoms with E-state index in [0.717, 1.165) is 28.9 Å². The summed E-state index contributed by atoms with van der Waals surface area (Å²) in [7, 11) is 1.67. The highest BCUT2D eigenvalue weighted by molar-refractivity contribution is 5.78. The summed E-state index contributed by atoms with van der Waals surface area (Å²) in [6.45, 7) is 2.23. The zero-order chi connectivity index (χ0) is 16.2. The van der Waals surface area contributed by atoms with E-state index < -0.39 is 0 Å². The maximum absolute atomic E-state index is 9.45. The number of benzene rings is 2. The van der Waals surface area contributed by atoms with Crippen LogP contribution in [0, 0.1) is 5.92 Å². The van der Waals surface area contributed by atoms with Gasteiger partial charge in [-0.05, 0) is 42.2 Å². The Morgan fingerprint density at radius 1 is 1.09 bits per heavy atom. The number of furan rings is 1. The summed E-state index contributed by atoms with van der Waals surface area (Å²) in [4.78, 5) is 0. The molecule has 3 rings (SSSR count). The second kappa shape index (κ2) is 6.88. The molecule has 0 saturated carbocycles. The predicted octanol–water partition coefficient (Wildman–Crippen LogP) is 4.59. The number of hydrogen-bond donors (Lipinski definition) is 1. The van der Waals surface area contributed by atoms with Crippen molar-refractivity contribution in [3.8, 4) is 5.75 Å². The van der Waals surface area contributed by atoms with Crippen LogP contribution in [0.2, 0.25) is 0 Å². The Hall–Kier alpha value is -2.26. The monoisotopic (exact) mass is 310 g/mol. The fourth-order valence-electron chi connectivity index (χ4n) is 2.90. The summed E-state index contributed by atoms with van der Waals surface area (Å²) in [5, 5.41) is 10.6. The van der Waals surface area contributed by atoms with Crippen molar-refractivity contribution in [3.05, 3.63) is 65.9 Å². The van der Waals surface area contributed by atoms with Crippen LogP contribution in [-0.4, -0.2) is 18.8 Å². The Labute approximate surface area is 136 Å². The molecule has 0 spiro atoms. The lowest BCUT2D eigenvalue weighted by molar-refractivity contribution is 0.224. The summed E-state index contributed by atoms with van der Waals surface area (Å²) in [5.41, 5.74) is 2.07. The van der Waals surface area contributed by atoms with Crippen LogP contribution in [-0.2, 0) is 0 Å². The summed E-state index contributed by atoms with van der Waals surface area (Å²) >= 11 is 0. The van der Waals surface area contributed by atoms with Crippen LogP contribution in [0.1, 0.15) is 30.6 Å². The first-order chi connectivity index (χ1) is 11.2. The maximum Gasteiger partial charge on any atom is 0.134 e. The molecule has 0 aliphatic heterocycles. The SMILES string of the molecule is COc1ccc([C@@H](C[C@H](C)CO)c2cc3ccccc3o2)cc1. The molecule has 2 atom stereocenters. The van der Waals surface area contributed by atoms with E-state index in [1.165, 1.54) is 5.56 Å². The van der Waals surface area contributed by atoms with Crippen molar-refractivity contribution >= 4 is 11.0 Å². The number of aliphatic hydroxyl groups is 1. The van der Waals surface area contributed by atoms with Gasteiger partial charge in [0.1, 0.15) is 17.1 Å². The Morgan fingerprint density at radius 2 is 1.83 bits per heavy atom. The average molecular weight is 310 g/mol. The highest BCUT2D eigenvalue weighted by Gasteiger charge is 2.21. The van der Waals surface area contributed by atoms with E-state index in [0.29, 0.717) is 0 Å². The molecule has 0 saturated heterocycles. The Kier molecular flexibility index (Phi) is 4.68. The minimum absolute atomic E-state index is 0.121. The number of aliphatic hydroxyl groups excluding tert-OH is 1. The van der Waals surface area contributed by atoms with Gasteiger partial charge < -0.3 is 14.3 Å². The van der Waals surface area contributed by atoms with Gasteiger partial charge >= 0.3 is 0 Å². The molecule has 2 aromatic carbocycles. The molecule has 0 fully saturated rings. The molecule has 3 aromatic rings. The average Bonchev–Trinajstić information content (AvgIpc) is 3.03. The molecule has 1 N–H and O–H groups in total. The molecule has 0 amide bonds. The molecule has 120 valence electrons. The van der Waals surface area contributed by atoms with Crippen LogP contribution in [0.4, 0.5) is 0 Å².